The maximum atomic E-state index is 13.4. The van der Waals surface area contributed by atoms with Gasteiger partial charge in [0.05, 0.1) is 36.9 Å². The summed E-state index contributed by atoms with van der Waals surface area (Å²) in [5, 5.41) is 18.6. The van der Waals surface area contributed by atoms with Crippen molar-refractivity contribution >= 4 is 39.3 Å². The molecule has 190 valence electrons. The average molecular weight is 574 g/mol. The molecule has 1 aliphatic heterocycles. The lowest BCUT2D eigenvalue weighted by atomic mass is 10.0. The summed E-state index contributed by atoms with van der Waals surface area (Å²) in [5.41, 5.74) is 2.16. The van der Waals surface area contributed by atoms with Crippen LogP contribution < -0.4 is 24.2 Å². The number of carbonyl (C=O) groups excluding carboxylic acids is 1. The van der Waals surface area contributed by atoms with Crippen LogP contribution >= 0.6 is 27.7 Å². The van der Waals surface area contributed by atoms with Gasteiger partial charge in [-0.05, 0) is 30.7 Å². The minimum Gasteiger partial charge on any atom is -0.854 e. The van der Waals surface area contributed by atoms with E-state index in [0.717, 1.165) is 29.5 Å². The number of carbonyl (C=O) groups is 1. The molecule has 0 fully saturated rings. The number of hydrogen-bond acceptors (Lipinski definition) is 7. The van der Waals surface area contributed by atoms with E-state index in [1.165, 1.54) is 25.1 Å². The largest absolute Gasteiger partial charge is 0.854 e. The van der Waals surface area contributed by atoms with Gasteiger partial charge in [0.2, 0.25) is 5.91 Å². The second kappa shape index (κ2) is 11.5. The molecule has 36 heavy (non-hydrogen) atoms. The third kappa shape index (κ3) is 5.01. The van der Waals surface area contributed by atoms with E-state index in [1.807, 2.05) is 30.3 Å². The first kappa shape index (κ1) is 26.2. The minimum absolute atomic E-state index is 0.202. The summed E-state index contributed by atoms with van der Waals surface area (Å²) in [5.74, 6) is 1.17. The molecule has 0 bridgehead atoms. The fourth-order valence-corrected chi connectivity index (χ4v) is 5.74. The molecule has 2 aromatic carbocycles. The molecule has 1 aliphatic rings. The van der Waals surface area contributed by atoms with Gasteiger partial charge < -0.3 is 14.6 Å². The van der Waals surface area contributed by atoms with Gasteiger partial charge in [0, 0.05) is 22.2 Å². The summed E-state index contributed by atoms with van der Waals surface area (Å²) in [7, 11) is 3.10. The van der Waals surface area contributed by atoms with Gasteiger partial charge >= 0.3 is 0 Å². The summed E-state index contributed by atoms with van der Waals surface area (Å²) in [6.45, 7) is 3.67. The van der Waals surface area contributed by atoms with Crippen LogP contribution in [-0.2, 0) is 4.79 Å². The number of rotatable bonds is 9. The van der Waals surface area contributed by atoms with Crippen LogP contribution in [0.1, 0.15) is 51.3 Å². The van der Waals surface area contributed by atoms with Crippen molar-refractivity contribution in [3.8, 4) is 28.6 Å². The molecule has 0 spiro atoms. The fraction of sp³-hybridized carbons (Fsp3) is 0.385. The molecule has 0 saturated heterocycles. The van der Waals surface area contributed by atoms with E-state index in [9.17, 15) is 9.90 Å². The SMILES string of the molecule is CCCCCCSc1nc([O-])c2[n+](n1)C(c1cc(Br)cc(OC)c1OC)N(C(C)=O)c1ccccc1-2. The quantitative estimate of drug-likeness (QED) is 0.205. The predicted octanol–water partition coefficient (Wildman–Crippen LogP) is 4.87. The molecule has 1 aromatic heterocycles. The first-order valence-corrected chi connectivity index (χ1v) is 13.6. The van der Waals surface area contributed by atoms with E-state index in [2.05, 4.69) is 27.8 Å². The molecule has 1 atom stereocenters. The molecule has 0 N–H and O–H groups in total. The monoisotopic (exact) mass is 572 g/mol. The zero-order chi connectivity index (χ0) is 25.8. The number of methoxy groups -OCH3 is 2. The Kier molecular flexibility index (Phi) is 8.35. The van der Waals surface area contributed by atoms with Crippen LogP contribution in [-0.4, -0.2) is 36.0 Å². The fourth-order valence-electron chi connectivity index (χ4n) is 4.46. The Morgan fingerprint density at radius 1 is 1.19 bits per heavy atom. The number of para-hydroxylation sites is 1. The van der Waals surface area contributed by atoms with Crippen LogP contribution in [0.4, 0.5) is 5.69 Å². The summed E-state index contributed by atoms with van der Waals surface area (Å²) < 4.78 is 13.7. The molecular weight excluding hydrogens is 544 g/mol. The van der Waals surface area contributed by atoms with Crippen molar-refractivity contribution in [2.24, 2.45) is 0 Å². The minimum atomic E-state index is -0.788. The number of benzene rings is 2. The number of ether oxygens (including phenoxy) is 2. The Balaban J connectivity index is 1.94. The highest BCUT2D eigenvalue weighted by atomic mass is 79.9. The average Bonchev–Trinajstić information content (AvgIpc) is 2.86. The van der Waals surface area contributed by atoms with Crippen LogP contribution in [0.15, 0.2) is 46.0 Å². The summed E-state index contributed by atoms with van der Waals surface area (Å²) >= 11 is 5.00. The Labute approximate surface area is 223 Å². The zero-order valence-electron chi connectivity index (χ0n) is 20.8. The molecule has 10 heteroatoms. The van der Waals surface area contributed by atoms with E-state index in [-0.39, 0.29) is 11.8 Å². The maximum Gasteiger partial charge on any atom is 0.296 e. The maximum absolute atomic E-state index is 13.4. The van der Waals surface area contributed by atoms with Gasteiger partial charge in [-0.25, -0.2) is 9.88 Å². The summed E-state index contributed by atoms with van der Waals surface area (Å²) in [6, 6.07) is 11.0. The lowest BCUT2D eigenvalue weighted by Gasteiger charge is -2.33. The number of hydrogen-bond donors (Lipinski definition) is 0. The predicted molar refractivity (Wildman–Crippen MR) is 141 cm³/mol. The van der Waals surface area contributed by atoms with Crippen LogP contribution in [0.25, 0.3) is 11.3 Å². The van der Waals surface area contributed by atoms with Crippen molar-refractivity contribution in [2.45, 2.75) is 50.9 Å². The van der Waals surface area contributed by atoms with Gasteiger partial charge in [-0.15, -0.1) is 0 Å². The zero-order valence-corrected chi connectivity index (χ0v) is 23.2. The molecule has 1 amide bonds. The first-order valence-electron chi connectivity index (χ1n) is 11.9. The standard InChI is InChI=1S/C26H29BrN4O4S/c1-5-6-7-10-13-36-26-28-24(33)22-18-11-8-9-12-20(18)30(16(2)32)25(31(22)29-26)19-14-17(27)15-21(34-3)23(19)35-4/h8-9,11-12,14-15,25H,5-7,10,13H2,1-4H3. The van der Waals surface area contributed by atoms with Crippen LogP contribution in [0.5, 0.6) is 17.4 Å². The normalized spacial score (nSPS) is 14.2. The number of thioether (sulfide) groups is 1. The van der Waals surface area contributed by atoms with E-state index in [4.69, 9.17) is 14.6 Å². The molecule has 1 unspecified atom stereocenters. The molecule has 0 saturated carbocycles. The lowest BCUT2D eigenvalue weighted by molar-refractivity contribution is -0.764. The number of aromatic nitrogens is 3. The Hall–Kier alpha value is -2.85. The number of halogens is 1. The second-order valence-corrected chi connectivity index (χ2v) is 10.4. The van der Waals surface area contributed by atoms with Crippen LogP contribution in [0.2, 0.25) is 0 Å². The molecular formula is C26H29BrN4O4S. The van der Waals surface area contributed by atoms with Gasteiger partial charge in [0.1, 0.15) is 0 Å². The van der Waals surface area contributed by atoms with E-state index >= 15 is 0 Å². The van der Waals surface area contributed by atoms with E-state index in [0.29, 0.717) is 39.2 Å². The Bertz CT molecular complexity index is 1270. The number of nitrogens with zero attached hydrogens (tertiary/aromatic N) is 4. The van der Waals surface area contributed by atoms with Gasteiger partial charge in [0.25, 0.3) is 17.0 Å². The summed E-state index contributed by atoms with van der Waals surface area (Å²) in [4.78, 5) is 19.1. The van der Waals surface area contributed by atoms with Crippen LogP contribution in [0.3, 0.4) is 0 Å². The van der Waals surface area contributed by atoms with Crippen molar-refractivity contribution < 1.29 is 24.1 Å². The van der Waals surface area contributed by atoms with Gasteiger partial charge in [-0.2, -0.15) is 0 Å². The third-order valence-corrected chi connectivity index (χ3v) is 7.42. The van der Waals surface area contributed by atoms with Crippen molar-refractivity contribution in [3.05, 3.63) is 46.4 Å². The number of unbranched alkanes of at least 4 members (excludes halogenated alkanes) is 3. The highest BCUT2D eigenvalue weighted by Crippen LogP contribution is 2.45. The summed E-state index contributed by atoms with van der Waals surface area (Å²) in [6.07, 6.45) is 3.67. The van der Waals surface area contributed by atoms with Gasteiger partial charge in [-0.1, -0.05) is 70.7 Å². The Morgan fingerprint density at radius 3 is 2.67 bits per heavy atom. The topological polar surface area (TPSA) is 91.5 Å². The number of amides is 1. The third-order valence-electron chi connectivity index (χ3n) is 6.04. The van der Waals surface area contributed by atoms with Crippen molar-refractivity contribution in [2.75, 3.05) is 24.9 Å². The lowest BCUT2D eigenvalue weighted by Crippen LogP contribution is -2.58. The smallest absolute Gasteiger partial charge is 0.296 e. The van der Waals surface area contributed by atoms with Crippen molar-refractivity contribution in [1.29, 1.82) is 0 Å². The molecule has 0 radical (unpaired) electrons. The molecule has 2 heterocycles. The van der Waals surface area contributed by atoms with E-state index < -0.39 is 6.17 Å². The van der Waals surface area contributed by atoms with Gasteiger partial charge in [-0.3, -0.25) is 4.79 Å². The van der Waals surface area contributed by atoms with Crippen molar-refractivity contribution in [1.82, 2.24) is 10.1 Å². The number of fused-ring (bicyclic) bond motifs is 3. The molecule has 4 rings (SSSR count). The van der Waals surface area contributed by atoms with E-state index in [1.54, 1.807) is 29.9 Å². The van der Waals surface area contributed by atoms with Gasteiger partial charge in [0.15, 0.2) is 11.5 Å². The first-order chi connectivity index (χ1) is 17.4. The van der Waals surface area contributed by atoms with Crippen LogP contribution in [0, 0.1) is 0 Å². The number of anilines is 1. The van der Waals surface area contributed by atoms with Crippen molar-refractivity contribution in [3.63, 3.8) is 0 Å². The highest BCUT2D eigenvalue weighted by molar-refractivity contribution is 9.10. The Morgan fingerprint density at radius 2 is 1.97 bits per heavy atom. The molecule has 3 aromatic rings. The molecule has 8 nitrogen and oxygen atoms in total. The highest BCUT2D eigenvalue weighted by Gasteiger charge is 2.45. The second-order valence-electron chi connectivity index (χ2n) is 8.41. The molecule has 0 aliphatic carbocycles.